The number of amides is 1. The highest BCUT2D eigenvalue weighted by Crippen LogP contribution is 2.37. The predicted octanol–water partition coefficient (Wildman–Crippen LogP) is 4.70. The van der Waals surface area contributed by atoms with Gasteiger partial charge in [-0.1, -0.05) is 11.6 Å². The summed E-state index contributed by atoms with van der Waals surface area (Å²) < 4.78 is 43.3. The number of fused-ring (bicyclic) bond motifs is 1. The van der Waals surface area contributed by atoms with Crippen LogP contribution in [0.5, 0.6) is 0 Å². The van der Waals surface area contributed by atoms with Crippen molar-refractivity contribution in [3.8, 4) is 11.3 Å². The Balaban J connectivity index is 1.58. The molecule has 192 valence electrons. The monoisotopic (exact) mass is 529 g/mol. The van der Waals surface area contributed by atoms with Crippen LogP contribution < -0.4 is 10.6 Å². The number of rotatable bonds is 5. The summed E-state index contributed by atoms with van der Waals surface area (Å²) in [6.07, 6.45) is 5.42. The molecule has 8 nitrogen and oxygen atoms in total. The van der Waals surface area contributed by atoms with E-state index in [-0.39, 0.29) is 16.2 Å². The van der Waals surface area contributed by atoms with Gasteiger partial charge in [0.25, 0.3) is 5.91 Å². The van der Waals surface area contributed by atoms with Crippen LogP contribution in [-0.4, -0.2) is 50.8 Å². The van der Waals surface area contributed by atoms with E-state index in [4.69, 9.17) is 16.6 Å². The molecular weight excluding hydrogens is 507 g/mol. The first-order valence-electron chi connectivity index (χ1n) is 11.6. The topological polar surface area (TPSA) is 101 Å². The number of carbonyl (C=O) groups is 1. The lowest BCUT2D eigenvalue weighted by molar-refractivity contribution is -0.137. The fourth-order valence-electron chi connectivity index (χ4n) is 4.44. The van der Waals surface area contributed by atoms with E-state index in [1.807, 2.05) is 10.9 Å². The first kappa shape index (κ1) is 25.0. The third kappa shape index (κ3) is 5.09. The van der Waals surface area contributed by atoms with Gasteiger partial charge in [0.2, 0.25) is 0 Å². The number of halogens is 4. The maximum Gasteiger partial charge on any atom is 0.417 e. The van der Waals surface area contributed by atoms with Crippen molar-refractivity contribution in [2.24, 2.45) is 0 Å². The van der Waals surface area contributed by atoms with Crippen molar-refractivity contribution in [1.82, 2.24) is 35.4 Å². The number of hydrogen-bond donors (Lipinski definition) is 3. The third-order valence-electron chi connectivity index (χ3n) is 6.34. The molecule has 12 heteroatoms. The highest BCUT2D eigenvalue weighted by atomic mass is 35.5. The van der Waals surface area contributed by atoms with Crippen LogP contribution >= 0.6 is 11.6 Å². The van der Waals surface area contributed by atoms with E-state index in [0.717, 1.165) is 49.7 Å². The molecule has 0 unspecified atom stereocenters. The summed E-state index contributed by atoms with van der Waals surface area (Å²) in [4.78, 5) is 24.8. The maximum atomic E-state index is 13.8. The van der Waals surface area contributed by atoms with Crippen molar-refractivity contribution in [1.29, 1.82) is 0 Å². The lowest BCUT2D eigenvalue weighted by Gasteiger charge is -2.22. The fourth-order valence-corrected chi connectivity index (χ4v) is 4.62. The normalized spacial score (nSPS) is 15.3. The van der Waals surface area contributed by atoms with E-state index in [1.54, 1.807) is 18.6 Å². The standard InChI is InChI=1S/C25H23ClF3N7O/c1-30-24(37)19(18-9-16(26)2-3-20(18)25(27,28)29)8-14-10-32-23-22(14)35-21(12-33-23)15-11-34-36(13-15)17-4-6-31-7-5-17/h2-3,8-13,17,31H,4-7H2,1H3,(H,30,37)(H,32,33)/b19-8-. The quantitative estimate of drug-likeness (QED) is 0.325. The van der Waals surface area contributed by atoms with Crippen LogP contribution in [0, 0.1) is 0 Å². The van der Waals surface area contributed by atoms with Gasteiger partial charge in [0.1, 0.15) is 5.52 Å². The van der Waals surface area contributed by atoms with Gasteiger partial charge in [-0.2, -0.15) is 18.3 Å². The number of H-pyrrole nitrogens is 1. The molecule has 37 heavy (non-hydrogen) atoms. The summed E-state index contributed by atoms with van der Waals surface area (Å²) >= 11 is 6.02. The number of hydrogen-bond acceptors (Lipinski definition) is 5. The van der Waals surface area contributed by atoms with Crippen LogP contribution in [-0.2, 0) is 11.0 Å². The Morgan fingerprint density at radius 3 is 2.76 bits per heavy atom. The Kier molecular flexibility index (Phi) is 6.74. The summed E-state index contributed by atoms with van der Waals surface area (Å²) in [5, 5.41) is 10.3. The second-order valence-corrected chi connectivity index (χ2v) is 9.15. The Labute approximate surface area is 214 Å². The van der Waals surface area contributed by atoms with Gasteiger partial charge in [0, 0.05) is 46.7 Å². The fraction of sp³-hybridized carbons (Fsp3) is 0.280. The molecule has 0 saturated carbocycles. The number of piperidine rings is 1. The smallest absolute Gasteiger partial charge is 0.355 e. The molecule has 4 heterocycles. The van der Waals surface area contributed by atoms with E-state index < -0.39 is 17.6 Å². The molecule has 3 aromatic heterocycles. The van der Waals surface area contributed by atoms with Gasteiger partial charge in [-0.15, -0.1) is 0 Å². The number of carbonyl (C=O) groups excluding carboxylic acids is 1. The Morgan fingerprint density at radius 2 is 2.03 bits per heavy atom. The molecule has 1 saturated heterocycles. The van der Waals surface area contributed by atoms with Crippen molar-refractivity contribution >= 4 is 40.3 Å². The van der Waals surface area contributed by atoms with Gasteiger partial charge in [0.05, 0.1) is 29.7 Å². The molecule has 1 amide bonds. The average molecular weight is 530 g/mol. The van der Waals surface area contributed by atoms with Crippen molar-refractivity contribution in [2.45, 2.75) is 25.1 Å². The van der Waals surface area contributed by atoms with E-state index >= 15 is 0 Å². The van der Waals surface area contributed by atoms with Gasteiger partial charge in [0.15, 0.2) is 5.65 Å². The van der Waals surface area contributed by atoms with Gasteiger partial charge >= 0.3 is 6.18 Å². The number of aromatic nitrogens is 5. The Morgan fingerprint density at radius 1 is 1.24 bits per heavy atom. The maximum absolute atomic E-state index is 13.8. The summed E-state index contributed by atoms with van der Waals surface area (Å²) in [6, 6.07) is 3.44. The lowest BCUT2D eigenvalue weighted by atomic mass is 9.97. The van der Waals surface area contributed by atoms with Crippen LogP contribution in [0.1, 0.15) is 35.6 Å². The zero-order valence-electron chi connectivity index (χ0n) is 19.7. The largest absolute Gasteiger partial charge is 0.417 e. The minimum absolute atomic E-state index is 0.0737. The summed E-state index contributed by atoms with van der Waals surface area (Å²) in [6.45, 7) is 1.86. The summed E-state index contributed by atoms with van der Waals surface area (Å²) in [5.74, 6) is -0.700. The highest BCUT2D eigenvalue weighted by molar-refractivity contribution is 6.31. The van der Waals surface area contributed by atoms with Gasteiger partial charge in [-0.05, 0) is 50.2 Å². The minimum atomic E-state index is -4.69. The van der Waals surface area contributed by atoms with E-state index in [2.05, 4.69) is 25.7 Å². The molecule has 1 aromatic carbocycles. The van der Waals surface area contributed by atoms with Crippen LogP contribution in [0.2, 0.25) is 5.02 Å². The molecule has 0 spiro atoms. The van der Waals surface area contributed by atoms with Gasteiger partial charge in [-0.25, -0.2) is 9.97 Å². The first-order chi connectivity index (χ1) is 17.7. The van der Waals surface area contributed by atoms with E-state index in [1.165, 1.54) is 13.1 Å². The molecule has 0 atom stereocenters. The lowest BCUT2D eigenvalue weighted by Crippen LogP contribution is -2.29. The number of benzene rings is 1. The third-order valence-corrected chi connectivity index (χ3v) is 6.57. The Hall–Kier alpha value is -3.70. The molecule has 4 aromatic rings. The molecule has 0 aliphatic carbocycles. The summed E-state index contributed by atoms with van der Waals surface area (Å²) in [7, 11) is 1.35. The second-order valence-electron chi connectivity index (χ2n) is 8.71. The first-order valence-corrected chi connectivity index (χ1v) is 12.0. The molecular formula is C25H23ClF3N7O. The van der Waals surface area contributed by atoms with Crippen molar-refractivity contribution < 1.29 is 18.0 Å². The van der Waals surface area contributed by atoms with Crippen molar-refractivity contribution in [3.63, 3.8) is 0 Å². The zero-order valence-corrected chi connectivity index (χ0v) is 20.5. The van der Waals surface area contributed by atoms with Crippen LogP contribution in [0.15, 0.2) is 43.0 Å². The predicted molar refractivity (Wildman–Crippen MR) is 135 cm³/mol. The Bertz CT molecular complexity index is 1490. The van der Waals surface area contributed by atoms with Gasteiger partial charge in [-0.3, -0.25) is 9.48 Å². The minimum Gasteiger partial charge on any atom is -0.355 e. The zero-order chi connectivity index (χ0) is 26.2. The number of nitrogens with one attached hydrogen (secondary N) is 3. The molecule has 1 aliphatic rings. The van der Waals surface area contributed by atoms with Crippen molar-refractivity contribution in [3.05, 3.63) is 64.7 Å². The number of nitrogens with zero attached hydrogens (tertiary/aromatic N) is 4. The SMILES string of the molecule is CNC(=O)/C(=C\c1c[nH]c2ncc(-c3cnn(C4CCNCC4)c3)nc12)c1cc(Cl)ccc1C(F)(F)F. The number of aromatic amines is 1. The van der Waals surface area contributed by atoms with Crippen LogP contribution in [0.4, 0.5) is 13.2 Å². The molecule has 1 fully saturated rings. The average Bonchev–Trinajstić information content (AvgIpc) is 3.54. The summed E-state index contributed by atoms with van der Waals surface area (Å²) in [5.41, 5.74) is 1.06. The number of alkyl halides is 3. The van der Waals surface area contributed by atoms with E-state index in [9.17, 15) is 18.0 Å². The second kappa shape index (κ2) is 9.98. The van der Waals surface area contributed by atoms with Crippen molar-refractivity contribution in [2.75, 3.05) is 20.1 Å². The molecule has 0 bridgehead atoms. The van der Waals surface area contributed by atoms with Crippen LogP contribution in [0.3, 0.4) is 0 Å². The van der Waals surface area contributed by atoms with E-state index in [0.29, 0.717) is 28.5 Å². The molecule has 0 radical (unpaired) electrons. The highest BCUT2D eigenvalue weighted by Gasteiger charge is 2.35. The number of likely N-dealkylation sites (N-methyl/N-ethyl adjacent to an activating group) is 1. The molecule has 1 aliphatic heterocycles. The molecule has 5 rings (SSSR count). The molecule has 3 N–H and O–H groups in total. The van der Waals surface area contributed by atoms with Crippen LogP contribution in [0.25, 0.3) is 34.1 Å². The van der Waals surface area contributed by atoms with Gasteiger partial charge < -0.3 is 15.6 Å².